The molecule has 1 aromatic carbocycles. The molecule has 1 aromatic heterocycles. The number of thiazole rings is 1. The zero-order chi connectivity index (χ0) is 9.97. The number of aromatic nitrogens is 1. The largest absolute Gasteiger partial charge is 0.389 e. The number of nitrogens with zero attached hydrogens (tertiary/aromatic N) is 1. The molecule has 72 valence electrons. The summed E-state index contributed by atoms with van der Waals surface area (Å²) in [6.07, 6.45) is 1.66. The summed E-state index contributed by atoms with van der Waals surface area (Å²) in [4.78, 5) is 4.13. The normalized spacial score (nSPS) is 10.1. The van der Waals surface area contributed by atoms with Crippen molar-refractivity contribution in [3.05, 3.63) is 34.0 Å². The molecular weight excluding hydrogens is 309 g/mol. The Morgan fingerprint density at radius 1 is 1.36 bits per heavy atom. The number of halogens is 1. The standard InChI is InChI=1S/C9H8IN3S/c10-6-3-1-2-4-7(6)13-9-12-5-8(11)14-9/h1-5H,11H2,(H,12,13). The van der Waals surface area contributed by atoms with Crippen molar-refractivity contribution in [3.63, 3.8) is 0 Å². The van der Waals surface area contributed by atoms with Gasteiger partial charge in [0.05, 0.1) is 11.9 Å². The van der Waals surface area contributed by atoms with E-state index >= 15 is 0 Å². The fraction of sp³-hybridized carbons (Fsp3) is 0. The van der Waals surface area contributed by atoms with Crippen LogP contribution in [0.3, 0.4) is 0 Å². The molecule has 0 radical (unpaired) electrons. The smallest absolute Gasteiger partial charge is 0.189 e. The Bertz CT molecular complexity index is 441. The van der Waals surface area contributed by atoms with Crippen LogP contribution < -0.4 is 11.1 Å². The van der Waals surface area contributed by atoms with Gasteiger partial charge in [-0.1, -0.05) is 23.5 Å². The first-order valence-corrected chi connectivity index (χ1v) is 5.88. The molecule has 0 aliphatic carbocycles. The third-order valence-corrected chi connectivity index (χ3v) is 3.32. The summed E-state index contributed by atoms with van der Waals surface area (Å²) in [5.74, 6) is 0. The SMILES string of the molecule is Nc1cnc(Nc2ccccc2I)s1. The number of nitrogen functional groups attached to an aromatic ring is 1. The number of benzene rings is 1. The number of anilines is 3. The minimum absolute atomic E-state index is 0.721. The number of nitrogens with two attached hydrogens (primary N) is 1. The fourth-order valence-corrected chi connectivity index (χ4v) is 2.14. The summed E-state index contributed by atoms with van der Waals surface area (Å²) in [5, 5.41) is 4.76. The molecule has 0 aliphatic heterocycles. The van der Waals surface area contributed by atoms with Crippen LogP contribution in [0.15, 0.2) is 30.5 Å². The first kappa shape index (κ1) is 9.72. The molecule has 0 unspecified atom stereocenters. The van der Waals surface area contributed by atoms with Gasteiger partial charge in [0, 0.05) is 3.57 Å². The number of hydrogen-bond donors (Lipinski definition) is 2. The molecule has 14 heavy (non-hydrogen) atoms. The second kappa shape index (κ2) is 4.14. The molecule has 0 fully saturated rings. The van der Waals surface area contributed by atoms with Crippen LogP contribution in [0.25, 0.3) is 0 Å². The van der Waals surface area contributed by atoms with Gasteiger partial charge in [0.1, 0.15) is 5.00 Å². The van der Waals surface area contributed by atoms with Crippen molar-refractivity contribution < 1.29 is 0 Å². The minimum atomic E-state index is 0.721. The molecule has 0 saturated heterocycles. The highest BCUT2D eigenvalue weighted by molar-refractivity contribution is 14.1. The summed E-state index contributed by atoms with van der Waals surface area (Å²) in [5.41, 5.74) is 6.64. The second-order valence-electron chi connectivity index (χ2n) is 2.67. The van der Waals surface area contributed by atoms with Crippen molar-refractivity contribution in [2.75, 3.05) is 11.1 Å². The summed E-state index contributed by atoms with van der Waals surface area (Å²) in [7, 11) is 0. The maximum Gasteiger partial charge on any atom is 0.189 e. The van der Waals surface area contributed by atoms with Crippen molar-refractivity contribution in [2.45, 2.75) is 0 Å². The van der Waals surface area contributed by atoms with Crippen molar-refractivity contribution in [1.29, 1.82) is 0 Å². The Labute approximate surface area is 99.5 Å². The van der Waals surface area contributed by atoms with Gasteiger partial charge in [0.2, 0.25) is 0 Å². The number of para-hydroxylation sites is 1. The minimum Gasteiger partial charge on any atom is -0.389 e. The number of hydrogen-bond acceptors (Lipinski definition) is 4. The molecule has 0 aliphatic rings. The van der Waals surface area contributed by atoms with E-state index in [-0.39, 0.29) is 0 Å². The third kappa shape index (κ3) is 2.16. The summed E-state index contributed by atoms with van der Waals surface area (Å²) in [6, 6.07) is 8.05. The predicted octanol–water partition coefficient (Wildman–Crippen LogP) is 3.07. The van der Waals surface area contributed by atoms with Gasteiger partial charge >= 0.3 is 0 Å². The summed E-state index contributed by atoms with van der Waals surface area (Å²) < 4.78 is 1.17. The average molecular weight is 317 g/mol. The molecule has 2 rings (SSSR count). The van der Waals surface area contributed by atoms with Gasteiger partial charge in [0.25, 0.3) is 0 Å². The monoisotopic (exact) mass is 317 g/mol. The lowest BCUT2D eigenvalue weighted by atomic mass is 10.3. The molecule has 0 spiro atoms. The lowest BCUT2D eigenvalue weighted by Crippen LogP contribution is -1.90. The molecule has 0 amide bonds. The van der Waals surface area contributed by atoms with E-state index in [0.717, 1.165) is 15.8 Å². The van der Waals surface area contributed by atoms with Crippen molar-refractivity contribution in [3.8, 4) is 0 Å². The van der Waals surface area contributed by atoms with Gasteiger partial charge < -0.3 is 11.1 Å². The number of nitrogens with one attached hydrogen (secondary N) is 1. The quantitative estimate of drug-likeness (QED) is 0.837. The fourth-order valence-electron chi connectivity index (χ4n) is 1.02. The van der Waals surface area contributed by atoms with Gasteiger partial charge in [-0.3, -0.25) is 0 Å². The highest BCUT2D eigenvalue weighted by Gasteiger charge is 2.01. The summed E-state index contributed by atoms with van der Waals surface area (Å²) in [6.45, 7) is 0. The van der Waals surface area contributed by atoms with Gasteiger partial charge in [-0.25, -0.2) is 4.98 Å². The first-order chi connectivity index (χ1) is 6.75. The van der Waals surface area contributed by atoms with Crippen molar-refractivity contribution in [2.24, 2.45) is 0 Å². The molecule has 3 nitrogen and oxygen atoms in total. The van der Waals surface area contributed by atoms with Crippen LogP contribution in [0.5, 0.6) is 0 Å². The summed E-state index contributed by atoms with van der Waals surface area (Å²) >= 11 is 3.72. The first-order valence-electron chi connectivity index (χ1n) is 3.98. The van der Waals surface area contributed by atoms with E-state index in [0.29, 0.717) is 0 Å². The van der Waals surface area contributed by atoms with E-state index in [9.17, 15) is 0 Å². The van der Waals surface area contributed by atoms with Crippen LogP contribution in [0.1, 0.15) is 0 Å². The molecule has 2 aromatic rings. The van der Waals surface area contributed by atoms with E-state index in [2.05, 4.69) is 32.9 Å². The lowest BCUT2D eigenvalue weighted by Gasteiger charge is -2.03. The Morgan fingerprint density at radius 3 is 2.79 bits per heavy atom. The molecular formula is C9H8IN3S. The molecule has 3 N–H and O–H groups in total. The highest BCUT2D eigenvalue weighted by Crippen LogP contribution is 2.26. The Balaban J connectivity index is 2.23. The molecule has 0 atom stereocenters. The van der Waals surface area contributed by atoms with Crippen molar-refractivity contribution >= 4 is 49.7 Å². The van der Waals surface area contributed by atoms with Crippen LogP contribution in [-0.2, 0) is 0 Å². The van der Waals surface area contributed by atoms with Gasteiger partial charge in [-0.05, 0) is 34.7 Å². The van der Waals surface area contributed by atoms with Crippen LogP contribution in [-0.4, -0.2) is 4.98 Å². The zero-order valence-corrected chi connectivity index (χ0v) is 10.2. The van der Waals surface area contributed by atoms with Crippen LogP contribution in [0.4, 0.5) is 15.8 Å². The topological polar surface area (TPSA) is 50.9 Å². The predicted molar refractivity (Wildman–Crippen MR) is 69.0 cm³/mol. The van der Waals surface area contributed by atoms with Crippen molar-refractivity contribution in [1.82, 2.24) is 4.98 Å². The molecule has 0 bridgehead atoms. The van der Waals surface area contributed by atoms with Gasteiger partial charge in [-0.2, -0.15) is 0 Å². The van der Waals surface area contributed by atoms with Crippen LogP contribution >= 0.6 is 33.9 Å². The van der Waals surface area contributed by atoms with E-state index in [4.69, 9.17) is 5.73 Å². The highest BCUT2D eigenvalue weighted by atomic mass is 127. The van der Waals surface area contributed by atoms with Gasteiger partial charge in [0.15, 0.2) is 5.13 Å². The maximum absolute atomic E-state index is 5.58. The van der Waals surface area contributed by atoms with E-state index in [1.54, 1.807) is 6.20 Å². The Kier molecular flexibility index (Phi) is 2.87. The average Bonchev–Trinajstić information content (AvgIpc) is 2.56. The van der Waals surface area contributed by atoms with Gasteiger partial charge in [-0.15, -0.1) is 0 Å². The number of rotatable bonds is 2. The zero-order valence-electron chi connectivity index (χ0n) is 7.20. The van der Waals surface area contributed by atoms with Crippen LogP contribution in [0, 0.1) is 3.57 Å². The Morgan fingerprint density at radius 2 is 2.14 bits per heavy atom. The molecule has 0 saturated carbocycles. The molecule has 5 heteroatoms. The maximum atomic E-state index is 5.58. The Hall–Kier alpha value is -0.820. The van der Waals surface area contributed by atoms with E-state index in [1.165, 1.54) is 14.9 Å². The third-order valence-electron chi connectivity index (χ3n) is 1.64. The van der Waals surface area contributed by atoms with E-state index in [1.807, 2.05) is 24.3 Å². The lowest BCUT2D eigenvalue weighted by molar-refractivity contribution is 1.39. The second-order valence-corrected chi connectivity index (χ2v) is 4.90. The van der Waals surface area contributed by atoms with Crippen LogP contribution in [0.2, 0.25) is 0 Å². The molecule has 1 heterocycles. The van der Waals surface area contributed by atoms with E-state index < -0.39 is 0 Å².